The lowest BCUT2D eigenvalue weighted by Gasteiger charge is -2.30. The summed E-state index contributed by atoms with van der Waals surface area (Å²) in [5, 5.41) is 0. The number of Topliss-reactive ketones (excluding diaryl/α,β-unsaturated/α-hetero) is 1. The predicted octanol–water partition coefficient (Wildman–Crippen LogP) is 4.76. The molecule has 1 nitrogen and oxygen atoms in total. The first-order valence-corrected chi connectivity index (χ1v) is 7.28. The standard InChI is InChI=1S/C16H28O/c1-4-5-6-7-8-9-15-12-14(13(2)3)10-11-16(15)17/h4,13-15H,1,5-12H2,2-3H3. The first kappa shape index (κ1) is 14.5. The summed E-state index contributed by atoms with van der Waals surface area (Å²) in [6.45, 7) is 8.32. The van der Waals surface area contributed by atoms with E-state index in [0.717, 1.165) is 43.9 Å². The summed E-state index contributed by atoms with van der Waals surface area (Å²) < 4.78 is 0. The zero-order valence-corrected chi connectivity index (χ0v) is 11.6. The van der Waals surface area contributed by atoms with Crippen molar-refractivity contribution in [1.82, 2.24) is 0 Å². The van der Waals surface area contributed by atoms with E-state index in [2.05, 4.69) is 20.4 Å². The first-order chi connectivity index (χ1) is 8.15. The van der Waals surface area contributed by atoms with Crippen LogP contribution in [0.3, 0.4) is 0 Å². The van der Waals surface area contributed by atoms with Crippen LogP contribution in [0, 0.1) is 17.8 Å². The maximum Gasteiger partial charge on any atom is 0.135 e. The zero-order chi connectivity index (χ0) is 12.7. The maximum absolute atomic E-state index is 11.9. The summed E-state index contributed by atoms with van der Waals surface area (Å²) in [6, 6.07) is 0. The van der Waals surface area contributed by atoms with Gasteiger partial charge in [0.25, 0.3) is 0 Å². The van der Waals surface area contributed by atoms with Gasteiger partial charge in [0, 0.05) is 12.3 Å². The molecule has 1 aliphatic rings. The fourth-order valence-electron chi connectivity index (χ4n) is 2.89. The number of rotatable bonds is 7. The number of ketones is 1. The molecule has 0 aliphatic heterocycles. The van der Waals surface area contributed by atoms with Crippen molar-refractivity contribution in [2.24, 2.45) is 17.8 Å². The molecule has 0 aromatic carbocycles. The molecule has 0 aromatic heterocycles. The van der Waals surface area contributed by atoms with Crippen molar-refractivity contribution in [3.8, 4) is 0 Å². The normalized spacial score (nSPS) is 25.2. The molecular weight excluding hydrogens is 208 g/mol. The Kier molecular flexibility index (Phi) is 6.54. The van der Waals surface area contributed by atoms with Gasteiger partial charge in [-0.3, -0.25) is 4.79 Å². The average molecular weight is 236 g/mol. The minimum Gasteiger partial charge on any atom is -0.299 e. The van der Waals surface area contributed by atoms with Gasteiger partial charge in [-0.15, -0.1) is 6.58 Å². The van der Waals surface area contributed by atoms with Crippen LogP contribution in [0.5, 0.6) is 0 Å². The molecule has 0 N–H and O–H groups in total. The monoisotopic (exact) mass is 236 g/mol. The van der Waals surface area contributed by atoms with Crippen molar-refractivity contribution in [2.45, 2.75) is 65.2 Å². The van der Waals surface area contributed by atoms with Crippen LogP contribution in [0.15, 0.2) is 12.7 Å². The van der Waals surface area contributed by atoms with Crippen LogP contribution in [0.25, 0.3) is 0 Å². The van der Waals surface area contributed by atoms with Crippen LogP contribution in [-0.4, -0.2) is 5.78 Å². The predicted molar refractivity (Wildman–Crippen MR) is 74.0 cm³/mol. The third-order valence-corrected chi connectivity index (χ3v) is 4.21. The molecule has 0 radical (unpaired) electrons. The highest BCUT2D eigenvalue weighted by Crippen LogP contribution is 2.34. The highest BCUT2D eigenvalue weighted by molar-refractivity contribution is 5.81. The minimum atomic E-state index is 0.375. The van der Waals surface area contributed by atoms with E-state index in [9.17, 15) is 4.79 Å². The molecule has 2 atom stereocenters. The molecule has 1 heteroatoms. The second-order valence-corrected chi connectivity index (χ2v) is 5.87. The molecule has 2 unspecified atom stereocenters. The maximum atomic E-state index is 11.9. The molecule has 0 aromatic rings. The van der Waals surface area contributed by atoms with Crippen LogP contribution >= 0.6 is 0 Å². The number of carbonyl (C=O) groups excluding carboxylic acids is 1. The molecule has 0 spiro atoms. The van der Waals surface area contributed by atoms with E-state index in [0.29, 0.717) is 11.7 Å². The second-order valence-electron chi connectivity index (χ2n) is 5.87. The summed E-state index contributed by atoms with van der Waals surface area (Å²) in [4.78, 5) is 11.9. The van der Waals surface area contributed by atoms with Gasteiger partial charge < -0.3 is 0 Å². The summed E-state index contributed by atoms with van der Waals surface area (Å²) in [5.41, 5.74) is 0. The highest BCUT2D eigenvalue weighted by atomic mass is 16.1. The van der Waals surface area contributed by atoms with E-state index in [4.69, 9.17) is 0 Å². The first-order valence-electron chi connectivity index (χ1n) is 7.28. The molecule has 17 heavy (non-hydrogen) atoms. The third-order valence-electron chi connectivity index (χ3n) is 4.21. The highest BCUT2D eigenvalue weighted by Gasteiger charge is 2.29. The van der Waals surface area contributed by atoms with Gasteiger partial charge in [-0.1, -0.05) is 32.8 Å². The second kappa shape index (κ2) is 7.68. The SMILES string of the molecule is C=CCCCCCC1CC(C(C)C)CCC1=O. The Morgan fingerprint density at radius 3 is 2.76 bits per heavy atom. The number of carbonyl (C=O) groups is 1. The van der Waals surface area contributed by atoms with Gasteiger partial charge >= 0.3 is 0 Å². The molecule has 0 amide bonds. The number of unbranched alkanes of at least 4 members (excludes halogenated alkanes) is 3. The van der Waals surface area contributed by atoms with Gasteiger partial charge in [0.1, 0.15) is 5.78 Å². The fraction of sp³-hybridized carbons (Fsp3) is 0.812. The molecule has 1 fully saturated rings. The molecule has 0 bridgehead atoms. The van der Waals surface area contributed by atoms with E-state index in [1.165, 1.54) is 19.3 Å². The third kappa shape index (κ3) is 5.06. The van der Waals surface area contributed by atoms with Crippen LogP contribution in [-0.2, 0) is 4.79 Å². The average Bonchev–Trinajstić information content (AvgIpc) is 2.30. The largest absolute Gasteiger partial charge is 0.299 e. The number of hydrogen-bond acceptors (Lipinski definition) is 1. The molecule has 98 valence electrons. The van der Waals surface area contributed by atoms with Crippen molar-refractivity contribution in [2.75, 3.05) is 0 Å². The Morgan fingerprint density at radius 1 is 1.35 bits per heavy atom. The summed E-state index contributed by atoms with van der Waals surface area (Å²) in [7, 11) is 0. The van der Waals surface area contributed by atoms with Gasteiger partial charge in [0.15, 0.2) is 0 Å². The summed E-state index contributed by atoms with van der Waals surface area (Å²) in [5.74, 6) is 2.43. The molecule has 0 heterocycles. The Labute approximate surface area is 107 Å². The van der Waals surface area contributed by atoms with Crippen LogP contribution in [0.1, 0.15) is 65.2 Å². The molecule has 1 rings (SSSR count). The molecule has 1 aliphatic carbocycles. The van der Waals surface area contributed by atoms with Crippen LogP contribution in [0.2, 0.25) is 0 Å². The van der Waals surface area contributed by atoms with E-state index in [-0.39, 0.29) is 0 Å². The van der Waals surface area contributed by atoms with Crippen molar-refractivity contribution in [1.29, 1.82) is 0 Å². The quantitative estimate of drug-likeness (QED) is 0.460. The van der Waals surface area contributed by atoms with Crippen molar-refractivity contribution >= 4 is 5.78 Å². The van der Waals surface area contributed by atoms with Gasteiger partial charge in [-0.05, 0) is 43.9 Å². The molecule has 1 saturated carbocycles. The Balaban J connectivity index is 2.25. The van der Waals surface area contributed by atoms with Crippen molar-refractivity contribution in [3.05, 3.63) is 12.7 Å². The van der Waals surface area contributed by atoms with Crippen LogP contribution < -0.4 is 0 Å². The summed E-state index contributed by atoms with van der Waals surface area (Å²) in [6.07, 6.45) is 11.0. The van der Waals surface area contributed by atoms with Crippen molar-refractivity contribution in [3.63, 3.8) is 0 Å². The smallest absolute Gasteiger partial charge is 0.135 e. The number of hydrogen-bond donors (Lipinski definition) is 0. The molecule has 0 saturated heterocycles. The van der Waals surface area contributed by atoms with E-state index in [1.54, 1.807) is 0 Å². The lowest BCUT2D eigenvalue weighted by Crippen LogP contribution is -2.27. The Hall–Kier alpha value is -0.590. The minimum absolute atomic E-state index is 0.375. The zero-order valence-electron chi connectivity index (χ0n) is 11.6. The van der Waals surface area contributed by atoms with E-state index < -0.39 is 0 Å². The van der Waals surface area contributed by atoms with Gasteiger partial charge in [-0.25, -0.2) is 0 Å². The topological polar surface area (TPSA) is 17.1 Å². The van der Waals surface area contributed by atoms with Crippen molar-refractivity contribution < 1.29 is 4.79 Å². The summed E-state index contributed by atoms with van der Waals surface area (Å²) >= 11 is 0. The van der Waals surface area contributed by atoms with E-state index >= 15 is 0 Å². The lowest BCUT2D eigenvalue weighted by atomic mass is 9.74. The van der Waals surface area contributed by atoms with Gasteiger partial charge in [-0.2, -0.15) is 0 Å². The Morgan fingerprint density at radius 2 is 2.12 bits per heavy atom. The number of allylic oxidation sites excluding steroid dienone is 1. The molecular formula is C16H28O. The fourth-order valence-corrected chi connectivity index (χ4v) is 2.89. The van der Waals surface area contributed by atoms with Gasteiger partial charge in [0.2, 0.25) is 0 Å². The van der Waals surface area contributed by atoms with Gasteiger partial charge in [0.05, 0.1) is 0 Å². The lowest BCUT2D eigenvalue weighted by molar-refractivity contribution is -0.126. The van der Waals surface area contributed by atoms with Crippen LogP contribution in [0.4, 0.5) is 0 Å². The Bertz CT molecular complexity index is 242. The van der Waals surface area contributed by atoms with E-state index in [1.807, 2.05) is 6.08 Å².